The minimum Gasteiger partial charge on any atom is -0.393 e. The molecule has 0 aromatic carbocycles. The Labute approximate surface area is 123 Å². The van der Waals surface area contributed by atoms with Crippen LogP contribution in [-0.4, -0.2) is 34.2 Å². The summed E-state index contributed by atoms with van der Waals surface area (Å²) in [7, 11) is 0. The monoisotopic (exact) mass is 294 g/mol. The van der Waals surface area contributed by atoms with Crippen LogP contribution in [0.2, 0.25) is 0 Å². The number of anilines is 2. The average Bonchev–Trinajstić information content (AvgIpc) is 2.45. The molecule has 7 nitrogen and oxygen atoms in total. The lowest BCUT2D eigenvalue weighted by Gasteiger charge is -2.26. The summed E-state index contributed by atoms with van der Waals surface area (Å²) in [6.07, 6.45) is 3.38. The molecular weight excluding hydrogens is 272 g/mol. The molecule has 0 amide bonds. The molecule has 7 heteroatoms. The predicted octanol–water partition coefficient (Wildman–Crippen LogP) is 2.38. The standard InChI is InChI=1S/C14H22N4O3/c1-2-15-13-7-6-12(18(20)21)14(17-13)16-9-10-4-3-5-11(19)8-10/h6-7,10-11,19H,2-5,8-9H2,1H3,(H2,15,16,17). The SMILES string of the molecule is CCNc1ccc([N+](=O)[O-])c(NCC2CCCC(O)C2)n1. The number of pyridine rings is 1. The first-order valence-electron chi connectivity index (χ1n) is 7.41. The number of hydrogen-bond donors (Lipinski definition) is 3. The molecule has 0 aliphatic heterocycles. The highest BCUT2D eigenvalue weighted by molar-refractivity contribution is 5.60. The summed E-state index contributed by atoms with van der Waals surface area (Å²) in [5, 5.41) is 26.9. The van der Waals surface area contributed by atoms with Crippen LogP contribution in [0.4, 0.5) is 17.3 Å². The lowest BCUT2D eigenvalue weighted by molar-refractivity contribution is -0.384. The Kier molecular flexibility index (Phi) is 5.32. The highest BCUT2D eigenvalue weighted by Gasteiger charge is 2.22. The molecule has 0 radical (unpaired) electrons. The molecule has 0 bridgehead atoms. The number of aromatic nitrogens is 1. The zero-order chi connectivity index (χ0) is 15.2. The van der Waals surface area contributed by atoms with Gasteiger partial charge in [0, 0.05) is 19.2 Å². The number of nitrogens with one attached hydrogen (secondary N) is 2. The Balaban J connectivity index is 2.05. The van der Waals surface area contributed by atoms with Gasteiger partial charge in [-0.1, -0.05) is 6.42 Å². The summed E-state index contributed by atoms with van der Waals surface area (Å²) in [6, 6.07) is 3.07. The molecule has 1 aromatic rings. The van der Waals surface area contributed by atoms with Gasteiger partial charge >= 0.3 is 5.69 Å². The van der Waals surface area contributed by atoms with Crippen LogP contribution in [0.25, 0.3) is 0 Å². The molecule has 3 N–H and O–H groups in total. The van der Waals surface area contributed by atoms with Crippen molar-refractivity contribution in [3.63, 3.8) is 0 Å². The number of aliphatic hydroxyl groups is 1. The van der Waals surface area contributed by atoms with Gasteiger partial charge in [0.15, 0.2) is 0 Å². The molecule has 1 aliphatic carbocycles. The molecule has 0 saturated heterocycles. The minimum atomic E-state index is -0.430. The topological polar surface area (TPSA) is 100 Å². The largest absolute Gasteiger partial charge is 0.393 e. The Morgan fingerprint density at radius 2 is 2.24 bits per heavy atom. The van der Waals surface area contributed by atoms with E-state index in [1.807, 2.05) is 6.92 Å². The quantitative estimate of drug-likeness (QED) is 0.550. The molecule has 21 heavy (non-hydrogen) atoms. The number of nitrogens with zero attached hydrogens (tertiary/aromatic N) is 2. The highest BCUT2D eigenvalue weighted by Crippen LogP contribution is 2.27. The van der Waals surface area contributed by atoms with E-state index in [4.69, 9.17) is 0 Å². The van der Waals surface area contributed by atoms with Crippen molar-refractivity contribution in [1.82, 2.24) is 4.98 Å². The zero-order valence-electron chi connectivity index (χ0n) is 12.2. The second-order valence-corrected chi connectivity index (χ2v) is 5.42. The van der Waals surface area contributed by atoms with E-state index in [9.17, 15) is 15.2 Å². The summed E-state index contributed by atoms with van der Waals surface area (Å²) in [5.74, 6) is 1.24. The van der Waals surface area contributed by atoms with Crippen LogP contribution >= 0.6 is 0 Å². The second kappa shape index (κ2) is 7.21. The highest BCUT2D eigenvalue weighted by atomic mass is 16.6. The minimum absolute atomic E-state index is 0.0204. The zero-order valence-corrected chi connectivity index (χ0v) is 12.2. The Morgan fingerprint density at radius 1 is 1.43 bits per heavy atom. The van der Waals surface area contributed by atoms with Crippen molar-refractivity contribution in [2.45, 2.75) is 38.7 Å². The lowest BCUT2D eigenvalue weighted by Crippen LogP contribution is -2.25. The van der Waals surface area contributed by atoms with Gasteiger partial charge in [0.05, 0.1) is 11.0 Å². The van der Waals surface area contributed by atoms with Crippen molar-refractivity contribution in [2.75, 3.05) is 23.7 Å². The molecule has 1 heterocycles. The van der Waals surface area contributed by atoms with Crippen molar-refractivity contribution in [2.24, 2.45) is 5.92 Å². The van der Waals surface area contributed by atoms with E-state index in [1.54, 1.807) is 6.07 Å². The van der Waals surface area contributed by atoms with Gasteiger partial charge < -0.3 is 15.7 Å². The van der Waals surface area contributed by atoms with Crippen molar-refractivity contribution in [1.29, 1.82) is 0 Å². The first-order chi connectivity index (χ1) is 10.1. The van der Waals surface area contributed by atoms with E-state index in [0.717, 1.165) is 25.7 Å². The summed E-state index contributed by atoms with van der Waals surface area (Å²) in [6.45, 7) is 3.25. The van der Waals surface area contributed by atoms with E-state index in [-0.39, 0.29) is 11.8 Å². The molecule has 0 spiro atoms. The molecule has 2 rings (SSSR count). The molecule has 2 unspecified atom stereocenters. The van der Waals surface area contributed by atoms with Crippen molar-refractivity contribution in [3.8, 4) is 0 Å². The number of aliphatic hydroxyl groups excluding tert-OH is 1. The fraction of sp³-hybridized carbons (Fsp3) is 0.643. The van der Waals surface area contributed by atoms with Crippen LogP contribution in [0.15, 0.2) is 12.1 Å². The van der Waals surface area contributed by atoms with E-state index >= 15 is 0 Å². The van der Waals surface area contributed by atoms with Gasteiger partial charge in [-0.3, -0.25) is 10.1 Å². The van der Waals surface area contributed by atoms with Gasteiger partial charge in [-0.15, -0.1) is 0 Å². The summed E-state index contributed by atoms with van der Waals surface area (Å²) in [5.41, 5.74) is -0.0204. The fourth-order valence-corrected chi connectivity index (χ4v) is 2.70. The third-order valence-corrected chi connectivity index (χ3v) is 3.74. The third kappa shape index (κ3) is 4.29. The van der Waals surface area contributed by atoms with Crippen molar-refractivity contribution < 1.29 is 10.0 Å². The van der Waals surface area contributed by atoms with Crippen LogP contribution < -0.4 is 10.6 Å². The van der Waals surface area contributed by atoms with Crippen LogP contribution in [0, 0.1) is 16.0 Å². The molecule has 1 aliphatic rings. The number of rotatable bonds is 6. The van der Waals surface area contributed by atoms with E-state index in [1.165, 1.54) is 6.07 Å². The van der Waals surface area contributed by atoms with Gasteiger partial charge in [0.25, 0.3) is 0 Å². The van der Waals surface area contributed by atoms with E-state index < -0.39 is 4.92 Å². The van der Waals surface area contributed by atoms with Crippen molar-refractivity contribution in [3.05, 3.63) is 22.2 Å². The maximum absolute atomic E-state index is 11.1. The first kappa shape index (κ1) is 15.5. The smallest absolute Gasteiger partial charge is 0.311 e. The van der Waals surface area contributed by atoms with Crippen LogP contribution in [0.3, 0.4) is 0 Å². The van der Waals surface area contributed by atoms with Crippen LogP contribution in [0.5, 0.6) is 0 Å². The summed E-state index contributed by atoms with van der Waals surface area (Å²) < 4.78 is 0. The van der Waals surface area contributed by atoms with Gasteiger partial charge in [0.2, 0.25) is 5.82 Å². The van der Waals surface area contributed by atoms with Crippen molar-refractivity contribution >= 4 is 17.3 Å². The van der Waals surface area contributed by atoms with E-state index in [0.29, 0.717) is 30.6 Å². The van der Waals surface area contributed by atoms with Gasteiger partial charge in [0.1, 0.15) is 5.82 Å². The molecule has 1 saturated carbocycles. The molecule has 2 atom stereocenters. The summed E-state index contributed by atoms with van der Waals surface area (Å²) in [4.78, 5) is 14.9. The Bertz CT molecular complexity index is 495. The Morgan fingerprint density at radius 3 is 2.90 bits per heavy atom. The van der Waals surface area contributed by atoms with Gasteiger partial charge in [-0.2, -0.15) is 0 Å². The lowest BCUT2D eigenvalue weighted by atomic mass is 9.87. The predicted molar refractivity (Wildman–Crippen MR) is 81.5 cm³/mol. The first-order valence-corrected chi connectivity index (χ1v) is 7.41. The van der Waals surface area contributed by atoms with Gasteiger partial charge in [-0.05, 0) is 38.2 Å². The third-order valence-electron chi connectivity index (χ3n) is 3.74. The average molecular weight is 294 g/mol. The molecule has 1 fully saturated rings. The molecular formula is C14H22N4O3. The second-order valence-electron chi connectivity index (χ2n) is 5.42. The molecule has 1 aromatic heterocycles. The van der Waals surface area contributed by atoms with Gasteiger partial charge in [-0.25, -0.2) is 4.98 Å². The fourth-order valence-electron chi connectivity index (χ4n) is 2.70. The summed E-state index contributed by atoms with van der Waals surface area (Å²) >= 11 is 0. The Hall–Kier alpha value is -1.89. The number of hydrogen-bond acceptors (Lipinski definition) is 6. The van der Waals surface area contributed by atoms with E-state index in [2.05, 4.69) is 15.6 Å². The normalized spacial score (nSPS) is 21.8. The maximum atomic E-state index is 11.1. The number of nitro groups is 1. The van der Waals surface area contributed by atoms with Crippen LogP contribution in [-0.2, 0) is 0 Å². The molecule has 116 valence electrons. The maximum Gasteiger partial charge on any atom is 0.311 e. The van der Waals surface area contributed by atoms with Crippen LogP contribution in [0.1, 0.15) is 32.6 Å².